The minimum absolute atomic E-state index is 0.0533. The number of ether oxygens (including phenoxy) is 1. The molecule has 2 aliphatic rings. The summed E-state index contributed by atoms with van der Waals surface area (Å²) in [6.07, 6.45) is 4.32. The molecule has 0 aromatic rings. The Bertz CT molecular complexity index is 292. The van der Waals surface area contributed by atoms with Gasteiger partial charge in [-0.3, -0.25) is 9.59 Å². The maximum Gasteiger partial charge on any atom is 0.303 e. The molecule has 2 heterocycles. The van der Waals surface area contributed by atoms with Crippen LogP contribution in [0.3, 0.4) is 0 Å². The van der Waals surface area contributed by atoms with Gasteiger partial charge in [0.15, 0.2) is 0 Å². The summed E-state index contributed by atoms with van der Waals surface area (Å²) >= 11 is 0. The van der Waals surface area contributed by atoms with Gasteiger partial charge in [-0.25, -0.2) is 0 Å². The first kappa shape index (κ1) is 11.4. The van der Waals surface area contributed by atoms with Crippen LogP contribution in [-0.2, 0) is 14.3 Å². The first-order chi connectivity index (χ1) is 7.65. The van der Waals surface area contributed by atoms with Gasteiger partial charge in [0.2, 0.25) is 5.91 Å². The number of amides is 1. The highest BCUT2D eigenvalue weighted by Crippen LogP contribution is 2.34. The number of carbonyl (C=O) groups excluding carboxylic acids is 1. The van der Waals surface area contributed by atoms with E-state index in [4.69, 9.17) is 9.84 Å². The molecule has 2 aliphatic heterocycles. The molecule has 2 fully saturated rings. The predicted octanol–water partition coefficient (Wildman–Crippen LogP) is 0.677. The van der Waals surface area contributed by atoms with Gasteiger partial charge >= 0.3 is 5.97 Å². The van der Waals surface area contributed by atoms with Gasteiger partial charge in [-0.05, 0) is 25.7 Å². The highest BCUT2D eigenvalue weighted by atomic mass is 16.5. The third-order valence-electron chi connectivity index (χ3n) is 3.25. The molecule has 16 heavy (non-hydrogen) atoms. The van der Waals surface area contributed by atoms with Crippen molar-refractivity contribution < 1.29 is 19.4 Å². The molecule has 0 aromatic carbocycles. The van der Waals surface area contributed by atoms with E-state index in [9.17, 15) is 9.59 Å². The largest absolute Gasteiger partial charge is 0.481 e. The SMILES string of the molecule is O=C(O)CCCC(=O)NC1CC2CCC1O2. The van der Waals surface area contributed by atoms with Gasteiger partial charge in [0.25, 0.3) is 0 Å². The average Bonchev–Trinajstić information content (AvgIpc) is 2.78. The molecule has 90 valence electrons. The van der Waals surface area contributed by atoms with Crippen molar-refractivity contribution in [1.82, 2.24) is 5.32 Å². The van der Waals surface area contributed by atoms with Crippen molar-refractivity contribution in [3.05, 3.63) is 0 Å². The topological polar surface area (TPSA) is 75.6 Å². The summed E-state index contributed by atoms with van der Waals surface area (Å²) in [7, 11) is 0. The van der Waals surface area contributed by atoms with E-state index in [2.05, 4.69) is 5.32 Å². The second-order valence-corrected chi connectivity index (χ2v) is 4.53. The fourth-order valence-corrected chi connectivity index (χ4v) is 2.47. The van der Waals surface area contributed by atoms with E-state index in [0.717, 1.165) is 19.3 Å². The second kappa shape index (κ2) is 4.82. The van der Waals surface area contributed by atoms with Crippen LogP contribution in [0.15, 0.2) is 0 Å². The van der Waals surface area contributed by atoms with E-state index in [-0.39, 0.29) is 24.5 Å². The zero-order valence-corrected chi connectivity index (χ0v) is 9.15. The van der Waals surface area contributed by atoms with Crippen molar-refractivity contribution in [3.63, 3.8) is 0 Å². The van der Waals surface area contributed by atoms with Crippen molar-refractivity contribution in [2.24, 2.45) is 0 Å². The molecule has 3 atom stereocenters. The summed E-state index contributed by atoms with van der Waals surface area (Å²) in [5.41, 5.74) is 0. The van der Waals surface area contributed by atoms with Gasteiger partial charge in [-0.2, -0.15) is 0 Å². The number of aliphatic carboxylic acids is 1. The number of fused-ring (bicyclic) bond motifs is 2. The van der Waals surface area contributed by atoms with Gasteiger partial charge in [0, 0.05) is 12.8 Å². The van der Waals surface area contributed by atoms with Crippen LogP contribution in [0.4, 0.5) is 0 Å². The normalized spacial score (nSPS) is 31.6. The quantitative estimate of drug-likeness (QED) is 0.724. The van der Waals surface area contributed by atoms with Crippen LogP contribution >= 0.6 is 0 Å². The lowest BCUT2D eigenvalue weighted by Crippen LogP contribution is -2.41. The Morgan fingerprint density at radius 2 is 2.12 bits per heavy atom. The van der Waals surface area contributed by atoms with Crippen LogP contribution in [0.25, 0.3) is 0 Å². The van der Waals surface area contributed by atoms with Crippen molar-refractivity contribution in [1.29, 1.82) is 0 Å². The van der Waals surface area contributed by atoms with Crippen molar-refractivity contribution >= 4 is 11.9 Å². The summed E-state index contributed by atoms with van der Waals surface area (Å²) in [4.78, 5) is 21.8. The molecule has 3 unspecified atom stereocenters. The third-order valence-corrected chi connectivity index (χ3v) is 3.25. The van der Waals surface area contributed by atoms with Gasteiger partial charge in [0.1, 0.15) is 0 Å². The monoisotopic (exact) mass is 227 g/mol. The molecule has 2 saturated heterocycles. The molecule has 0 saturated carbocycles. The van der Waals surface area contributed by atoms with Crippen LogP contribution in [-0.4, -0.2) is 35.2 Å². The van der Waals surface area contributed by atoms with Crippen LogP contribution < -0.4 is 5.32 Å². The standard InChI is InChI=1S/C11H17NO4/c13-10(2-1-3-11(14)15)12-8-6-7-4-5-9(8)16-7/h7-9H,1-6H2,(H,12,13)(H,14,15). The minimum atomic E-state index is -0.851. The molecule has 5 heteroatoms. The lowest BCUT2D eigenvalue weighted by Gasteiger charge is -2.19. The highest BCUT2D eigenvalue weighted by Gasteiger charge is 2.41. The van der Waals surface area contributed by atoms with Crippen LogP contribution in [0.1, 0.15) is 38.5 Å². The van der Waals surface area contributed by atoms with Crippen LogP contribution in [0.5, 0.6) is 0 Å². The second-order valence-electron chi connectivity index (χ2n) is 4.53. The van der Waals surface area contributed by atoms with E-state index < -0.39 is 5.97 Å². The smallest absolute Gasteiger partial charge is 0.303 e. The maximum atomic E-state index is 11.5. The van der Waals surface area contributed by atoms with Gasteiger partial charge < -0.3 is 15.2 Å². The lowest BCUT2D eigenvalue weighted by molar-refractivity contribution is -0.137. The van der Waals surface area contributed by atoms with Crippen LogP contribution in [0, 0.1) is 0 Å². The van der Waals surface area contributed by atoms with E-state index in [1.165, 1.54) is 0 Å². The highest BCUT2D eigenvalue weighted by molar-refractivity contribution is 5.77. The molecule has 0 spiro atoms. The average molecular weight is 227 g/mol. The Balaban J connectivity index is 1.66. The minimum Gasteiger partial charge on any atom is -0.481 e. The number of carbonyl (C=O) groups is 2. The number of hydrogen-bond donors (Lipinski definition) is 2. The Morgan fingerprint density at radius 3 is 2.69 bits per heavy atom. The number of carboxylic acids is 1. The Kier molecular flexibility index (Phi) is 3.43. The molecule has 1 amide bonds. The summed E-state index contributed by atoms with van der Waals surface area (Å²) in [6.45, 7) is 0. The summed E-state index contributed by atoms with van der Waals surface area (Å²) in [6, 6.07) is 0.149. The summed E-state index contributed by atoms with van der Waals surface area (Å²) in [5, 5.41) is 11.4. The fraction of sp³-hybridized carbons (Fsp3) is 0.818. The van der Waals surface area contributed by atoms with Crippen molar-refractivity contribution in [2.45, 2.75) is 56.8 Å². The van der Waals surface area contributed by atoms with Gasteiger partial charge in [0.05, 0.1) is 18.2 Å². The number of rotatable bonds is 5. The summed E-state index contributed by atoms with van der Waals surface area (Å²) < 4.78 is 5.62. The van der Waals surface area contributed by atoms with Gasteiger partial charge in [-0.1, -0.05) is 0 Å². The lowest BCUT2D eigenvalue weighted by atomic mass is 9.95. The Morgan fingerprint density at radius 1 is 1.31 bits per heavy atom. The zero-order chi connectivity index (χ0) is 11.5. The first-order valence-electron chi connectivity index (χ1n) is 5.82. The molecule has 0 aliphatic carbocycles. The van der Waals surface area contributed by atoms with E-state index in [1.807, 2.05) is 0 Å². The molecular formula is C11H17NO4. The molecular weight excluding hydrogens is 210 g/mol. The molecule has 0 aromatic heterocycles. The fourth-order valence-electron chi connectivity index (χ4n) is 2.47. The Hall–Kier alpha value is -1.10. The molecule has 2 bridgehead atoms. The Labute approximate surface area is 94.2 Å². The van der Waals surface area contributed by atoms with Crippen LogP contribution in [0.2, 0.25) is 0 Å². The molecule has 2 rings (SSSR count). The summed E-state index contributed by atoms with van der Waals surface area (Å²) in [5.74, 6) is -0.904. The number of hydrogen-bond acceptors (Lipinski definition) is 3. The van der Waals surface area contributed by atoms with Crippen molar-refractivity contribution in [3.8, 4) is 0 Å². The number of carboxylic acid groups (broad SMARTS) is 1. The number of nitrogens with one attached hydrogen (secondary N) is 1. The van der Waals surface area contributed by atoms with E-state index >= 15 is 0 Å². The van der Waals surface area contributed by atoms with Crippen molar-refractivity contribution in [2.75, 3.05) is 0 Å². The molecule has 0 radical (unpaired) electrons. The maximum absolute atomic E-state index is 11.5. The third kappa shape index (κ3) is 2.72. The zero-order valence-electron chi connectivity index (χ0n) is 9.15. The first-order valence-corrected chi connectivity index (χ1v) is 5.82. The molecule has 5 nitrogen and oxygen atoms in total. The van der Waals surface area contributed by atoms with E-state index in [1.54, 1.807) is 0 Å². The molecule has 2 N–H and O–H groups in total. The predicted molar refractivity (Wildman–Crippen MR) is 55.9 cm³/mol. The van der Waals surface area contributed by atoms with Gasteiger partial charge in [-0.15, -0.1) is 0 Å². The van der Waals surface area contributed by atoms with E-state index in [0.29, 0.717) is 18.9 Å².